The highest BCUT2D eigenvalue weighted by atomic mass is 35.5. The van der Waals surface area contributed by atoms with Crippen LogP contribution < -0.4 is 4.90 Å². The number of anilines is 1. The van der Waals surface area contributed by atoms with Gasteiger partial charge in [0, 0.05) is 34.3 Å². The van der Waals surface area contributed by atoms with Gasteiger partial charge in [-0.2, -0.15) is 0 Å². The normalized spacial score (nSPS) is 11.3. The first kappa shape index (κ1) is 22.1. The minimum absolute atomic E-state index is 0.0749. The van der Waals surface area contributed by atoms with Crippen LogP contribution in [0.25, 0.3) is 33.5 Å². The van der Waals surface area contributed by atoms with Crippen molar-refractivity contribution in [2.24, 2.45) is 5.92 Å². The molecule has 1 aromatic heterocycles. The summed E-state index contributed by atoms with van der Waals surface area (Å²) in [4.78, 5) is 23.4. The molecule has 1 amide bonds. The number of fused-ring (bicyclic) bond motifs is 1. The van der Waals surface area contributed by atoms with Gasteiger partial charge < -0.3 is 9.88 Å². The smallest absolute Gasteiger partial charge is 0.229 e. The first-order chi connectivity index (χ1) is 15.5. The zero-order valence-corrected chi connectivity index (χ0v) is 19.5. The molecule has 0 radical (unpaired) electrons. The number of aromatic amines is 1. The van der Waals surface area contributed by atoms with Gasteiger partial charge in [-0.05, 0) is 48.4 Å². The standard InChI is InChI=1S/C27H28ClN3O/c1-4-5-15-31(27(32)18(2)3)22-16-23(19-9-7-6-8-10-19)25-24(17-22)29-26(30-25)20-11-13-21(28)14-12-20/h6-14,16-18H,4-5,15H2,1-3H3,(H,29,30). The third-order valence-corrected chi connectivity index (χ3v) is 5.83. The maximum Gasteiger partial charge on any atom is 0.229 e. The van der Waals surface area contributed by atoms with Gasteiger partial charge in [-0.3, -0.25) is 4.79 Å². The number of nitrogens with zero attached hydrogens (tertiary/aromatic N) is 2. The second-order valence-electron chi connectivity index (χ2n) is 8.35. The molecule has 0 atom stereocenters. The van der Waals surface area contributed by atoms with E-state index in [4.69, 9.17) is 16.6 Å². The van der Waals surface area contributed by atoms with Crippen molar-refractivity contribution < 1.29 is 4.79 Å². The molecule has 0 saturated carbocycles. The molecule has 4 nitrogen and oxygen atoms in total. The van der Waals surface area contributed by atoms with Gasteiger partial charge >= 0.3 is 0 Å². The summed E-state index contributed by atoms with van der Waals surface area (Å²) < 4.78 is 0. The summed E-state index contributed by atoms with van der Waals surface area (Å²) in [6.07, 6.45) is 1.98. The van der Waals surface area contributed by atoms with Gasteiger partial charge in [0.25, 0.3) is 0 Å². The number of halogens is 1. The van der Waals surface area contributed by atoms with Crippen LogP contribution in [0, 0.1) is 5.92 Å². The van der Waals surface area contributed by atoms with E-state index in [0.29, 0.717) is 11.6 Å². The van der Waals surface area contributed by atoms with Crippen molar-refractivity contribution in [3.8, 4) is 22.5 Å². The Kier molecular flexibility index (Phi) is 6.61. The molecule has 0 aliphatic heterocycles. The van der Waals surface area contributed by atoms with E-state index in [2.05, 4.69) is 30.1 Å². The molecule has 1 N–H and O–H groups in total. The maximum absolute atomic E-state index is 13.1. The molecular weight excluding hydrogens is 418 g/mol. The van der Waals surface area contributed by atoms with Crippen LogP contribution in [-0.4, -0.2) is 22.4 Å². The molecule has 0 unspecified atom stereocenters. The molecule has 4 rings (SSSR count). The zero-order valence-electron chi connectivity index (χ0n) is 18.7. The molecule has 0 aliphatic rings. The Balaban J connectivity index is 1.90. The topological polar surface area (TPSA) is 49.0 Å². The SMILES string of the molecule is CCCCN(C(=O)C(C)C)c1cc(-c2ccccc2)c2nc(-c3ccc(Cl)cc3)[nH]c2c1. The van der Waals surface area contributed by atoms with Gasteiger partial charge in [-0.15, -0.1) is 0 Å². The second-order valence-corrected chi connectivity index (χ2v) is 8.78. The average Bonchev–Trinajstić information content (AvgIpc) is 3.24. The Morgan fingerprint density at radius 1 is 1.03 bits per heavy atom. The quantitative estimate of drug-likeness (QED) is 0.323. The van der Waals surface area contributed by atoms with Gasteiger partial charge in [0.2, 0.25) is 5.91 Å². The molecule has 5 heteroatoms. The molecular formula is C27H28ClN3O. The molecule has 0 aliphatic carbocycles. The van der Waals surface area contributed by atoms with Crippen LogP contribution in [0.3, 0.4) is 0 Å². The van der Waals surface area contributed by atoms with Gasteiger partial charge in [-0.1, -0.05) is 69.1 Å². The number of carbonyl (C=O) groups is 1. The third-order valence-electron chi connectivity index (χ3n) is 5.58. The van der Waals surface area contributed by atoms with E-state index in [1.54, 1.807) is 0 Å². The Morgan fingerprint density at radius 3 is 2.41 bits per heavy atom. The fraction of sp³-hybridized carbons (Fsp3) is 0.259. The minimum Gasteiger partial charge on any atom is -0.338 e. The number of rotatable bonds is 7. The van der Waals surface area contributed by atoms with E-state index in [0.717, 1.165) is 52.1 Å². The van der Waals surface area contributed by atoms with Crippen molar-refractivity contribution in [3.63, 3.8) is 0 Å². The molecule has 164 valence electrons. The van der Waals surface area contributed by atoms with Crippen LogP contribution in [0.4, 0.5) is 5.69 Å². The lowest BCUT2D eigenvalue weighted by Crippen LogP contribution is -2.35. The number of amides is 1. The van der Waals surface area contributed by atoms with E-state index in [9.17, 15) is 4.79 Å². The summed E-state index contributed by atoms with van der Waals surface area (Å²) in [6, 6.07) is 22.0. The van der Waals surface area contributed by atoms with E-state index in [1.807, 2.05) is 67.3 Å². The van der Waals surface area contributed by atoms with Crippen LogP contribution >= 0.6 is 11.6 Å². The first-order valence-electron chi connectivity index (χ1n) is 11.1. The molecule has 1 heterocycles. The van der Waals surface area contributed by atoms with Crippen molar-refractivity contribution >= 4 is 34.2 Å². The molecule has 3 aromatic carbocycles. The van der Waals surface area contributed by atoms with E-state index < -0.39 is 0 Å². The molecule has 32 heavy (non-hydrogen) atoms. The van der Waals surface area contributed by atoms with Crippen molar-refractivity contribution in [1.82, 2.24) is 9.97 Å². The number of hydrogen-bond acceptors (Lipinski definition) is 2. The Labute approximate surface area is 194 Å². The average molecular weight is 446 g/mol. The first-order valence-corrected chi connectivity index (χ1v) is 11.5. The van der Waals surface area contributed by atoms with Crippen LogP contribution in [0.2, 0.25) is 5.02 Å². The number of H-pyrrole nitrogens is 1. The van der Waals surface area contributed by atoms with Crippen molar-refractivity contribution in [2.45, 2.75) is 33.6 Å². The van der Waals surface area contributed by atoms with Gasteiger partial charge in [0.15, 0.2) is 0 Å². The monoisotopic (exact) mass is 445 g/mol. The Morgan fingerprint density at radius 2 is 1.75 bits per heavy atom. The number of hydrogen-bond donors (Lipinski definition) is 1. The summed E-state index contributed by atoms with van der Waals surface area (Å²) >= 11 is 6.07. The van der Waals surface area contributed by atoms with Crippen LogP contribution in [0.5, 0.6) is 0 Å². The lowest BCUT2D eigenvalue weighted by atomic mass is 10.0. The number of benzene rings is 3. The fourth-order valence-corrected chi connectivity index (χ4v) is 3.96. The number of unbranched alkanes of at least 4 members (excludes halogenated alkanes) is 1. The van der Waals surface area contributed by atoms with Crippen molar-refractivity contribution in [1.29, 1.82) is 0 Å². The van der Waals surface area contributed by atoms with Crippen LogP contribution in [-0.2, 0) is 4.79 Å². The van der Waals surface area contributed by atoms with Gasteiger partial charge in [0.05, 0.1) is 11.0 Å². The predicted octanol–water partition coefficient (Wildman–Crippen LogP) is 7.34. The van der Waals surface area contributed by atoms with E-state index >= 15 is 0 Å². The highest BCUT2D eigenvalue weighted by molar-refractivity contribution is 6.30. The third kappa shape index (κ3) is 4.56. The molecule has 0 saturated heterocycles. The molecule has 0 bridgehead atoms. The molecule has 0 fully saturated rings. The van der Waals surface area contributed by atoms with Crippen LogP contribution in [0.15, 0.2) is 66.7 Å². The second kappa shape index (κ2) is 9.58. The summed E-state index contributed by atoms with van der Waals surface area (Å²) in [6.45, 7) is 6.74. The van der Waals surface area contributed by atoms with E-state index in [1.165, 1.54) is 0 Å². The molecule has 0 spiro atoms. The minimum atomic E-state index is -0.0749. The number of nitrogens with one attached hydrogen (secondary N) is 1. The predicted molar refractivity (Wildman–Crippen MR) is 134 cm³/mol. The lowest BCUT2D eigenvalue weighted by molar-refractivity contribution is -0.121. The number of carbonyl (C=O) groups excluding carboxylic acids is 1. The summed E-state index contributed by atoms with van der Waals surface area (Å²) in [5, 5.41) is 0.691. The van der Waals surface area contributed by atoms with Gasteiger partial charge in [0.1, 0.15) is 5.82 Å². The zero-order chi connectivity index (χ0) is 22.7. The van der Waals surface area contributed by atoms with Gasteiger partial charge in [-0.25, -0.2) is 4.98 Å². The molecule has 4 aromatic rings. The van der Waals surface area contributed by atoms with Crippen molar-refractivity contribution in [2.75, 3.05) is 11.4 Å². The van der Waals surface area contributed by atoms with Crippen LogP contribution in [0.1, 0.15) is 33.6 Å². The Bertz CT molecular complexity index is 1210. The van der Waals surface area contributed by atoms with E-state index in [-0.39, 0.29) is 11.8 Å². The highest BCUT2D eigenvalue weighted by Gasteiger charge is 2.21. The largest absolute Gasteiger partial charge is 0.338 e. The maximum atomic E-state index is 13.1. The lowest BCUT2D eigenvalue weighted by Gasteiger charge is -2.25. The van der Waals surface area contributed by atoms with Crippen molar-refractivity contribution in [3.05, 3.63) is 71.8 Å². The summed E-state index contributed by atoms with van der Waals surface area (Å²) in [7, 11) is 0. The summed E-state index contributed by atoms with van der Waals surface area (Å²) in [5.41, 5.74) is 5.73. The fourth-order valence-electron chi connectivity index (χ4n) is 3.83. The number of imidazole rings is 1. The highest BCUT2D eigenvalue weighted by Crippen LogP contribution is 2.35. The Hall–Kier alpha value is -3.11. The summed E-state index contributed by atoms with van der Waals surface area (Å²) in [5.74, 6) is 0.838. The number of aromatic nitrogens is 2.